The molecule has 2 rings (SSSR count). The number of para-hydroxylation sites is 2. The summed E-state index contributed by atoms with van der Waals surface area (Å²) in [7, 11) is 0. The summed E-state index contributed by atoms with van der Waals surface area (Å²) in [5, 5.41) is 4.72. The van der Waals surface area contributed by atoms with Crippen molar-refractivity contribution in [2.45, 2.75) is 18.0 Å². The number of carbonyl (C=O) groups excluding carboxylic acids is 2. The third kappa shape index (κ3) is 6.59. The largest absolute Gasteiger partial charge is 0.405 e. The summed E-state index contributed by atoms with van der Waals surface area (Å²) >= 11 is 0.920. The molecule has 144 valence electrons. The number of carbonyl (C=O) groups is 2. The van der Waals surface area contributed by atoms with E-state index in [1.165, 1.54) is 37.3 Å². The molecule has 2 aromatic rings. The van der Waals surface area contributed by atoms with Crippen molar-refractivity contribution in [1.29, 1.82) is 0 Å². The van der Waals surface area contributed by atoms with E-state index in [9.17, 15) is 27.2 Å². The standard InChI is InChI=1S/C18H16F4N2O2S/c1-11(25)12-6-7-16(13(19)8-12)27-9-17(26)24-15-5-3-2-4-14(15)23-10-18(20,21)22/h2-8,23H,9-10H2,1H3,(H,24,26). The second kappa shape index (κ2) is 8.90. The number of hydrogen-bond acceptors (Lipinski definition) is 4. The molecule has 0 aliphatic rings. The minimum atomic E-state index is -4.39. The van der Waals surface area contributed by atoms with Gasteiger partial charge in [-0.05, 0) is 31.2 Å². The molecule has 0 saturated carbocycles. The van der Waals surface area contributed by atoms with Crippen LogP contribution >= 0.6 is 11.8 Å². The predicted molar refractivity (Wildman–Crippen MR) is 96.7 cm³/mol. The second-order valence-corrected chi connectivity index (χ2v) is 6.57. The molecule has 0 unspecified atom stereocenters. The fourth-order valence-corrected chi connectivity index (χ4v) is 2.83. The quantitative estimate of drug-likeness (QED) is 0.401. The molecule has 0 heterocycles. The molecule has 0 aromatic heterocycles. The Bertz CT molecular complexity index is 840. The Kier molecular flexibility index (Phi) is 6.84. The SMILES string of the molecule is CC(=O)c1ccc(SCC(=O)Nc2ccccc2NCC(F)(F)F)c(F)c1. The number of anilines is 2. The number of hydrogen-bond donors (Lipinski definition) is 2. The van der Waals surface area contributed by atoms with Gasteiger partial charge >= 0.3 is 6.18 Å². The number of thioether (sulfide) groups is 1. The molecule has 0 spiro atoms. The van der Waals surface area contributed by atoms with Crippen molar-refractivity contribution in [3.05, 3.63) is 53.8 Å². The van der Waals surface area contributed by atoms with E-state index in [4.69, 9.17) is 0 Å². The molecule has 2 N–H and O–H groups in total. The van der Waals surface area contributed by atoms with Gasteiger partial charge in [0.15, 0.2) is 5.78 Å². The Hall–Kier alpha value is -2.55. The Labute approximate surface area is 157 Å². The minimum Gasteiger partial charge on any atom is -0.375 e. The molecule has 9 heteroatoms. The second-order valence-electron chi connectivity index (χ2n) is 5.55. The van der Waals surface area contributed by atoms with E-state index in [0.717, 1.165) is 17.8 Å². The van der Waals surface area contributed by atoms with E-state index in [-0.39, 0.29) is 33.4 Å². The van der Waals surface area contributed by atoms with Gasteiger partial charge in [0.1, 0.15) is 12.4 Å². The van der Waals surface area contributed by atoms with Crippen molar-refractivity contribution >= 4 is 34.8 Å². The highest BCUT2D eigenvalue weighted by atomic mass is 32.2. The smallest absolute Gasteiger partial charge is 0.375 e. The Balaban J connectivity index is 1.97. The van der Waals surface area contributed by atoms with E-state index < -0.39 is 24.4 Å². The van der Waals surface area contributed by atoms with Gasteiger partial charge in [-0.1, -0.05) is 18.2 Å². The maximum Gasteiger partial charge on any atom is 0.405 e. The molecule has 0 atom stereocenters. The van der Waals surface area contributed by atoms with Gasteiger partial charge in [0, 0.05) is 10.5 Å². The van der Waals surface area contributed by atoms with Crippen LogP contribution in [-0.2, 0) is 4.79 Å². The number of ketones is 1. The van der Waals surface area contributed by atoms with E-state index in [2.05, 4.69) is 10.6 Å². The van der Waals surface area contributed by atoms with Gasteiger partial charge in [0.25, 0.3) is 0 Å². The van der Waals surface area contributed by atoms with Crippen LogP contribution in [0, 0.1) is 5.82 Å². The third-order valence-corrected chi connectivity index (χ3v) is 4.43. The molecule has 0 radical (unpaired) electrons. The average Bonchev–Trinajstić information content (AvgIpc) is 2.59. The zero-order valence-corrected chi connectivity index (χ0v) is 15.0. The van der Waals surface area contributed by atoms with Gasteiger partial charge in [0.05, 0.1) is 17.1 Å². The first kappa shape index (κ1) is 20.8. The molecule has 0 bridgehead atoms. The van der Waals surface area contributed by atoms with Crippen LogP contribution in [0.2, 0.25) is 0 Å². The molecule has 0 aliphatic carbocycles. The fraction of sp³-hybridized carbons (Fsp3) is 0.222. The summed E-state index contributed by atoms with van der Waals surface area (Å²) < 4.78 is 51.0. The topological polar surface area (TPSA) is 58.2 Å². The van der Waals surface area contributed by atoms with Crippen molar-refractivity contribution in [2.24, 2.45) is 0 Å². The van der Waals surface area contributed by atoms with Gasteiger partial charge in [-0.2, -0.15) is 13.2 Å². The molecular formula is C18H16F4N2O2S. The van der Waals surface area contributed by atoms with Crippen LogP contribution < -0.4 is 10.6 Å². The lowest BCUT2D eigenvalue weighted by atomic mass is 10.1. The normalized spacial score (nSPS) is 11.1. The lowest BCUT2D eigenvalue weighted by Crippen LogP contribution is -2.22. The molecule has 4 nitrogen and oxygen atoms in total. The Morgan fingerprint density at radius 2 is 1.74 bits per heavy atom. The first-order chi connectivity index (χ1) is 12.7. The Morgan fingerprint density at radius 1 is 1.07 bits per heavy atom. The lowest BCUT2D eigenvalue weighted by molar-refractivity contribution is -0.115. The van der Waals surface area contributed by atoms with E-state index in [1.807, 2.05) is 0 Å². The van der Waals surface area contributed by atoms with Gasteiger partial charge in [-0.25, -0.2) is 4.39 Å². The van der Waals surface area contributed by atoms with Gasteiger partial charge < -0.3 is 10.6 Å². The van der Waals surface area contributed by atoms with E-state index >= 15 is 0 Å². The van der Waals surface area contributed by atoms with Crippen molar-refractivity contribution in [2.75, 3.05) is 22.9 Å². The molecular weight excluding hydrogens is 384 g/mol. The number of alkyl halides is 3. The van der Waals surface area contributed by atoms with Crippen LogP contribution in [-0.4, -0.2) is 30.2 Å². The maximum atomic E-state index is 13.9. The van der Waals surface area contributed by atoms with Gasteiger partial charge in [-0.3, -0.25) is 9.59 Å². The maximum absolute atomic E-state index is 13.9. The van der Waals surface area contributed by atoms with Crippen LogP contribution in [0.15, 0.2) is 47.4 Å². The van der Waals surface area contributed by atoms with E-state index in [1.54, 1.807) is 6.07 Å². The number of rotatable bonds is 7. The highest BCUT2D eigenvalue weighted by Gasteiger charge is 2.27. The Morgan fingerprint density at radius 3 is 2.33 bits per heavy atom. The predicted octanol–water partition coefficient (Wildman–Crippen LogP) is 4.73. The van der Waals surface area contributed by atoms with Crippen LogP contribution in [0.5, 0.6) is 0 Å². The monoisotopic (exact) mass is 400 g/mol. The lowest BCUT2D eigenvalue weighted by Gasteiger charge is -2.14. The summed E-state index contributed by atoms with van der Waals surface area (Å²) in [5.74, 6) is -1.54. The summed E-state index contributed by atoms with van der Waals surface area (Å²) in [6.07, 6.45) is -4.39. The highest BCUT2D eigenvalue weighted by Crippen LogP contribution is 2.26. The van der Waals surface area contributed by atoms with Gasteiger partial charge in [0.2, 0.25) is 5.91 Å². The number of halogens is 4. The molecule has 0 fully saturated rings. The van der Waals surface area contributed by atoms with Gasteiger partial charge in [-0.15, -0.1) is 11.8 Å². The molecule has 1 amide bonds. The molecule has 27 heavy (non-hydrogen) atoms. The first-order valence-corrected chi connectivity index (χ1v) is 8.77. The van der Waals surface area contributed by atoms with Crippen molar-refractivity contribution in [3.63, 3.8) is 0 Å². The van der Waals surface area contributed by atoms with Crippen LogP contribution in [0.3, 0.4) is 0 Å². The summed E-state index contributed by atoms with van der Waals surface area (Å²) in [4.78, 5) is 23.5. The average molecular weight is 400 g/mol. The number of Topliss-reactive ketones (excluding diaryl/α,β-unsaturated/α-hetero) is 1. The summed E-state index contributed by atoms with van der Waals surface area (Å²) in [6.45, 7) is 0.0850. The molecule has 2 aromatic carbocycles. The molecule has 0 saturated heterocycles. The van der Waals surface area contributed by atoms with Crippen LogP contribution in [0.1, 0.15) is 17.3 Å². The third-order valence-electron chi connectivity index (χ3n) is 3.38. The fourth-order valence-electron chi connectivity index (χ4n) is 2.11. The highest BCUT2D eigenvalue weighted by molar-refractivity contribution is 8.00. The van der Waals surface area contributed by atoms with Crippen LogP contribution in [0.4, 0.5) is 28.9 Å². The molecule has 0 aliphatic heterocycles. The number of amides is 1. The van der Waals surface area contributed by atoms with E-state index in [0.29, 0.717) is 0 Å². The summed E-state index contributed by atoms with van der Waals surface area (Å²) in [5.41, 5.74) is 0.552. The minimum absolute atomic E-state index is 0.130. The number of benzene rings is 2. The zero-order chi connectivity index (χ0) is 20.0. The zero-order valence-electron chi connectivity index (χ0n) is 14.2. The van der Waals surface area contributed by atoms with Crippen molar-refractivity contribution in [3.8, 4) is 0 Å². The summed E-state index contributed by atoms with van der Waals surface area (Å²) in [6, 6.07) is 9.94. The van der Waals surface area contributed by atoms with Crippen molar-refractivity contribution in [1.82, 2.24) is 0 Å². The first-order valence-electron chi connectivity index (χ1n) is 7.78. The van der Waals surface area contributed by atoms with Crippen molar-refractivity contribution < 1.29 is 27.2 Å². The number of nitrogens with one attached hydrogen (secondary N) is 2. The van der Waals surface area contributed by atoms with Crippen LogP contribution in [0.25, 0.3) is 0 Å².